The van der Waals surface area contributed by atoms with Gasteiger partial charge in [0.25, 0.3) is 0 Å². The number of amides is 1. The minimum Gasteiger partial charge on any atom is -0.465 e. The van der Waals surface area contributed by atoms with Crippen molar-refractivity contribution in [1.29, 1.82) is 0 Å². The second-order valence-electron chi connectivity index (χ2n) is 22.3. The number of allylic oxidation sites excluding steroid dienone is 2. The first-order chi connectivity index (χ1) is 38.5. The van der Waals surface area contributed by atoms with E-state index in [1.54, 1.807) is 0 Å². The summed E-state index contributed by atoms with van der Waals surface area (Å²) in [7, 11) is 0. The fourth-order valence-corrected chi connectivity index (χ4v) is 9.77. The van der Waals surface area contributed by atoms with Gasteiger partial charge < -0.3 is 48.5 Å². The number of aliphatic hydroxyl groups excluding tert-OH is 1. The van der Waals surface area contributed by atoms with Crippen LogP contribution in [0, 0.1) is 11.3 Å². The Hall–Kier alpha value is -4.02. The molecule has 0 radical (unpaired) electrons. The van der Waals surface area contributed by atoms with Crippen LogP contribution in [-0.2, 0) is 57.1 Å². The van der Waals surface area contributed by atoms with Crippen LogP contribution in [0.25, 0.3) is 0 Å². The van der Waals surface area contributed by atoms with E-state index in [1.165, 1.54) is 38.5 Å². The van der Waals surface area contributed by atoms with Crippen LogP contribution in [0.15, 0.2) is 24.3 Å². The molecule has 79 heavy (non-hydrogen) atoms. The SMILES string of the molecule is CCCCC/C=C\CCOC(=O)CCCCCC(=O)OCC(COC(=O)CCCCCC(O)OCC/C=C\CCCCC)(COC(=O)CCC1CCCCC1)COC(=O)CCC(CCCCCC)OC(=O)NCCN1CCCC1. The Labute approximate surface area is 477 Å². The number of hydrogen-bond acceptors (Lipinski definition) is 15. The van der Waals surface area contributed by atoms with Gasteiger partial charge in [-0.1, -0.05) is 135 Å². The highest BCUT2D eigenvalue weighted by Gasteiger charge is 2.38. The zero-order valence-electron chi connectivity index (χ0n) is 49.8. The minimum absolute atomic E-state index is 0.0517. The second kappa shape index (κ2) is 48.7. The molecule has 3 atom stereocenters. The Balaban J connectivity index is 2.11. The molecule has 2 N–H and O–H groups in total. The van der Waals surface area contributed by atoms with E-state index >= 15 is 0 Å². The molecule has 1 aliphatic heterocycles. The summed E-state index contributed by atoms with van der Waals surface area (Å²) in [6, 6.07) is 0. The first kappa shape index (κ1) is 71.1. The molecule has 1 heterocycles. The van der Waals surface area contributed by atoms with Crippen LogP contribution >= 0.6 is 0 Å². The average molecular weight is 1120 g/mol. The highest BCUT2D eigenvalue weighted by atomic mass is 16.6. The lowest BCUT2D eigenvalue weighted by Crippen LogP contribution is -2.44. The number of rotatable bonds is 50. The van der Waals surface area contributed by atoms with Gasteiger partial charge in [-0.15, -0.1) is 0 Å². The number of nitrogens with one attached hydrogen (secondary N) is 1. The molecule has 2 rings (SSSR count). The lowest BCUT2D eigenvalue weighted by Gasteiger charge is -2.32. The van der Waals surface area contributed by atoms with E-state index < -0.39 is 47.8 Å². The Bertz CT molecular complexity index is 1650. The number of hydrogen-bond donors (Lipinski definition) is 2. The van der Waals surface area contributed by atoms with Gasteiger partial charge in [0.1, 0.15) is 37.9 Å². The number of nitrogens with zero attached hydrogens (tertiary/aromatic N) is 1. The van der Waals surface area contributed by atoms with Crippen molar-refractivity contribution in [1.82, 2.24) is 10.2 Å². The van der Waals surface area contributed by atoms with Crippen LogP contribution in [0.5, 0.6) is 0 Å². The van der Waals surface area contributed by atoms with Crippen LogP contribution in [0.2, 0.25) is 0 Å². The number of likely N-dealkylation sites (tertiary alicyclic amines) is 1. The lowest BCUT2D eigenvalue weighted by molar-refractivity contribution is -0.171. The molecule has 456 valence electrons. The lowest BCUT2D eigenvalue weighted by atomic mass is 9.86. The van der Waals surface area contributed by atoms with Crippen molar-refractivity contribution in [3.63, 3.8) is 0 Å². The zero-order chi connectivity index (χ0) is 57.3. The minimum atomic E-state index is -1.44. The van der Waals surface area contributed by atoms with Crippen LogP contribution in [0.3, 0.4) is 0 Å². The van der Waals surface area contributed by atoms with E-state index in [4.69, 9.17) is 33.2 Å². The molecule has 1 saturated heterocycles. The van der Waals surface area contributed by atoms with Crippen molar-refractivity contribution in [2.45, 2.75) is 264 Å². The number of carbonyl (C=O) groups excluding carboxylic acids is 6. The third kappa shape index (κ3) is 40.8. The Morgan fingerprint density at radius 2 is 1.00 bits per heavy atom. The largest absolute Gasteiger partial charge is 0.465 e. The maximum absolute atomic E-state index is 13.7. The molecule has 0 aromatic rings. The summed E-state index contributed by atoms with van der Waals surface area (Å²) in [6.07, 6.45) is 34.7. The molecule has 0 aromatic carbocycles. The normalized spacial score (nSPS) is 15.6. The second-order valence-corrected chi connectivity index (χ2v) is 22.3. The van der Waals surface area contributed by atoms with Gasteiger partial charge in [0.15, 0.2) is 6.29 Å². The molecular weight excluding hydrogens is 1010 g/mol. The Morgan fingerprint density at radius 3 is 1.58 bits per heavy atom. The summed E-state index contributed by atoms with van der Waals surface area (Å²) in [5.74, 6) is -1.93. The smallest absolute Gasteiger partial charge is 0.407 e. The molecule has 16 nitrogen and oxygen atoms in total. The molecule has 2 aliphatic rings. The van der Waals surface area contributed by atoms with Gasteiger partial charge in [-0.2, -0.15) is 0 Å². The molecule has 0 bridgehead atoms. The van der Waals surface area contributed by atoms with Crippen LogP contribution in [0.1, 0.15) is 252 Å². The van der Waals surface area contributed by atoms with Crippen LogP contribution in [-0.4, -0.2) is 124 Å². The van der Waals surface area contributed by atoms with Gasteiger partial charge in [-0.25, -0.2) is 4.79 Å². The van der Waals surface area contributed by atoms with E-state index in [0.717, 1.165) is 110 Å². The van der Waals surface area contributed by atoms with Gasteiger partial charge >= 0.3 is 35.9 Å². The van der Waals surface area contributed by atoms with Gasteiger partial charge in [-0.3, -0.25) is 24.0 Å². The quantitative estimate of drug-likeness (QED) is 0.0191. The number of alkyl carbamates (subject to hydrolysis) is 1. The standard InChI is InChI=1S/C63H110N2O14/c1-4-7-10-13-15-17-31-48-73-56(66)36-25-20-27-38-58(68)75-50-63(52-77-60(70)42-40-54-33-22-19-23-34-54,51-76-59(69)39-28-21-26-37-57(67)74-49-32-18-16-14-11-8-5-2)53-78-61(71)43-41-55(35-24-12-9-6-3)79-62(72)64-44-47-65-45-29-30-46-65/h15-18,54-56,66H,4-14,19-53H2,1-3H3,(H,64,72)/b17-15-,18-16-. The topological polar surface area (TPSA) is 203 Å². The summed E-state index contributed by atoms with van der Waals surface area (Å²) in [5, 5.41) is 13.2. The number of ether oxygens (including phenoxy) is 7. The predicted molar refractivity (Wildman–Crippen MR) is 309 cm³/mol. The average Bonchev–Trinajstić information content (AvgIpc) is 3.97. The van der Waals surface area contributed by atoms with Crippen molar-refractivity contribution in [3.05, 3.63) is 24.3 Å². The molecule has 1 saturated carbocycles. The first-order valence-corrected chi connectivity index (χ1v) is 31.5. The summed E-state index contributed by atoms with van der Waals surface area (Å²) < 4.78 is 40.3. The number of aliphatic hydroxyl groups is 1. The first-order valence-electron chi connectivity index (χ1n) is 31.5. The summed E-state index contributed by atoms with van der Waals surface area (Å²) >= 11 is 0. The highest BCUT2D eigenvalue weighted by Crippen LogP contribution is 2.28. The van der Waals surface area contributed by atoms with E-state index in [-0.39, 0.29) is 70.9 Å². The Morgan fingerprint density at radius 1 is 0.519 bits per heavy atom. The number of esters is 5. The predicted octanol–water partition coefficient (Wildman–Crippen LogP) is 13.3. The molecule has 2 fully saturated rings. The van der Waals surface area contributed by atoms with Gasteiger partial charge in [-0.05, 0) is 128 Å². The Kier molecular flexibility index (Phi) is 43.8. The van der Waals surface area contributed by atoms with Gasteiger partial charge in [0.05, 0.1) is 13.2 Å². The van der Waals surface area contributed by atoms with E-state index in [1.807, 2.05) is 6.08 Å². The maximum Gasteiger partial charge on any atom is 0.407 e. The van der Waals surface area contributed by atoms with E-state index in [9.17, 15) is 33.9 Å². The summed E-state index contributed by atoms with van der Waals surface area (Å²) in [5.41, 5.74) is -1.44. The van der Waals surface area contributed by atoms with Crippen LogP contribution in [0.4, 0.5) is 4.79 Å². The fraction of sp³-hybridized carbons (Fsp3) is 0.841. The van der Waals surface area contributed by atoms with Crippen molar-refractivity contribution < 1.29 is 67.0 Å². The third-order valence-corrected chi connectivity index (χ3v) is 14.9. The monoisotopic (exact) mass is 1120 g/mol. The number of carbonyl (C=O) groups is 6. The summed E-state index contributed by atoms with van der Waals surface area (Å²) in [4.78, 5) is 81.3. The highest BCUT2D eigenvalue weighted by molar-refractivity contribution is 5.72. The molecule has 1 aliphatic carbocycles. The van der Waals surface area contributed by atoms with Crippen molar-refractivity contribution in [3.8, 4) is 0 Å². The van der Waals surface area contributed by atoms with E-state index in [2.05, 4.69) is 49.2 Å². The number of unbranched alkanes of at least 4 members (excludes halogenated alkanes) is 13. The molecular formula is C63H110N2O14. The van der Waals surface area contributed by atoms with Crippen molar-refractivity contribution >= 4 is 35.9 Å². The summed E-state index contributed by atoms with van der Waals surface area (Å²) in [6.45, 7) is 9.06. The molecule has 16 heteroatoms. The van der Waals surface area contributed by atoms with Crippen LogP contribution < -0.4 is 5.32 Å². The van der Waals surface area contributed by atoms with Crippen molar-refractivity contribution in [2.75, 3.05) is 65.8 Å². The fourth-order valence-electron chi connectivity index (χ4n) is 9.77. The maximum atomic E-state index is 13.7. The van der Waals surface area contributed by atoms with Crippen molar-refractivity contribution in [2.24, 2.45) is 11.3 Å². The molecule has 3 unspecified atom stereocenters. The van der Waals surface area contributed by atoms with Gasteiger partial charge in [0, 0.05) is 45.2 Å². The third-order valence-electron chi connectivity index (χ3n) is 14.9. The molecule has 0 spiro atoms. The van der Waals surface area contributed by atoms with E-state index in [0.29, 0.717) is 89.9 Å². The molecule has 1 amide bonds. The van der Waals surface area contributed by atoms with Gasteiger partial charge in [0.2, 0.25) is 0 Å². The zero-order valence-corrected chi connectivity index (χ0v) is 49.8. The molecule has 0 aromatic heterocycles.